The van der Waals surface area contributed by atoms with Gasteiger partial charge in [-0.15, -0.1) is 0 Å². The minimum Gasteiger partial charge on any atom is -0.326 e. The Bertz CT molecular complexity index is 488. The molecule has 0 aliphatic carbocycles. The Hall–Kier alpha value is -1.06. The van der Waals surface area contributed by atoms with Gasteiger partial charge in [-0.3, -0.25) is 4.68 Å². The molecule has 0 radical (unpaired) electrons. The molecule has 1 aromatic heterocycles. The predicted molar refractivity (Wildman–Crippen MR) is 63.1 cm³/mol. The van der Waals surface area contributed by atoms with Crippen molar-refractivity contribution in [2.24, 2.45) is 5.73 Å². The number of aromatic nitrogens is 2. The van der Waals surface area contributed by atoms with Crippen LogP contribution in [0, 0.1) is 6.92 Å². The van der Waals surface area contributed by atoms with Gasteiger partial charge in [0.05, 0.1) is 22.8 Å². The van der Waals surface area contributed by atoms with Gasteiger partial charge in [-0.25, -0.2) is 0 Å². The van der Waals surface area contributed by atoms with Gasteiger partial charge in [0.25, 0.3) is 0 Å². The zero-order valence-electron chi connectivity index (χ0n) is 8.87. The Labute approximate surface area is 93.8 Å². The topological polar surface area (TPSA) is 43.8 Å². The van der Waals surface area contributed by atoms with E-state index in [1.807, 2.05) is 36.7 Å². The van der Waals surface area contributed by atoms with Crippen molar-refractivity contribution in [3.63, 3.8) is 0 Å². The number of nitrogens with two attached hydrogens (primary N) is 1. The highest BCUT2D eigenvalue weighted by Crippen LogP contribution is 2.26. The molecule has 80 valence electrons. The second-order valence-corrected chi connectivity index (χ2v) is 4.29. The second-order valence-electron chi connectivity index (χ2n) is 3.88. The van der Waals surface area contributed by atoms with Crippen LogP contribution in [0.2, 0.25) is 5.02 Å². The number of rotatable bonds is 2. The lowest BCUT2D eigenvalue weighted by atomic mass is 10.2. The molecule has 0 saturated carbocycles. The van der Waals surface area contributed by atoms with Crippen LogP contribution in [0.25, 0.3) is 10.9 Å². The van der Waals surface area contributed by atoms with Crippen molar-refractivity contribution in [2.45, 2.75) is 26.4 Å². The van der Waals surface area contributed by atoms with Crippen molar-refractivity contribution < 1.29 is 0 Å². The number of aryl methyl sites for hydroxylation is 1. The average molecular weight is 224 g/mol. The molecule has 4 heteroatoms. The van der Waals surface area contributed by atoms with E-state index in [1.165, 1.54) is 0 Å². The van der Waals surface area contributed by atoms with Gasteiger partial charge in [0, 0.05) is 11.4 Å². The van der Waals surface area contributed by atoms with Crippen LogP contribution < -0.4 is 5.73 Å². The molecule has 0 spiro atoms. The third-order valence-electron chi connectivity index (χ3n) is 2.36. The molecule has 3 nitrogen and oxygen atoms in total. The normalized spacial score (nSPS) is 13.3. The van der Waals surface area contributed by atoms with Gasteiger partial charge in [-0.2, -0.15) is 5.10 Å². The molecule has 2 N–H and O–H groups in total. The highest BCUT2D eigenvalue weighted by Gasteiger charge is 2.10. The van der Waals surface area contributed by atoms with Gasteiger partial charge >= 0.3 is 0 Å². The third kappa shape index (κ3) is 1.85. The lowest BCUT2D eigenvalue weighted by molar-refractivity contribution is 0.550. The van der Waals surface area contributed by atoms with Gasteiger partial charge in [0.1, 0.15) is 0 Å². The molecule has 15 heavy (non-hydrogen) atoms. The predicted octanol–water partition coefficient (Wildman–Crippen LogP) is 2.35. The van der Waals surface area contributed by atoms with Gasteiger partial charge in [-0.1, -0.05) is 17.7 Å². The fourth-order valence-electron chi connectivity index (χ4n) is 1.78. The zero-order valence-corrected chi connectivity index (χ0v) is 9.62. The summed E-state index contributed by atoms with van der Waals surface area (Å²) >= 11 is 6.13. The van der Waals surface area contributed by atoms with Crippen LogP contribution in [0.1, 0.15) is 12.6 Å². The molecule has 0 amide bonds. The van der Waals surface area contributed by atoms with Crippen molar-refractivity contribution in [1.82, 2.24) is 9.78 Å². The van der Waals surface area contributed by atoms with Crippen LogP contribution in [0.15, 0.2) is 18.2 Å². The number of hydrogen-bond acceptors (Lipinski definition) is 2. The number of fused-ring (bicyclic) bond motifs is 1. The minimum absolute atomic E-state index is 0.0893. The smallest absolute Gasteiger partial charge is 0.0700 e. The standard InChI is InChI=1S/C11H14ClN3/c1-7(13)6-15-10-5-3-4-9(12)11(10)8(2)14-15/h3-5,7H,6,13H2,1-2H3. The van der Waals surface area contributed by atoms with Crippen LogP contribution in [-0.4, -0.2) is 15.8 Å². The van der Waals surface area contributed by atoms with E-state index in [4.69, 9.17) is 17.3 Å². The summed E-state index contributed by atoms with van der Waals surface area (Å²) in [6.07, 6.45) is 0. The average Bonchev–Trinajstić information content (AvgIpc) is 2.44. The second kappa shape index (κ2) is 3.83. The van der Waals surface area contributed by atoms with E-state index in [1.54, 1.807) is 0 Å². The van der Waals surface area contributed by atoms with Gasteiger partial charge in [-0.05, 0) is 26.0 Å². The lowest BCUT2D eigenvalue weighted by Gasteiger charge is -2.06. The number of hydrogen-bond donors (Lipinski definition) is 1. The highest BCUT2D eigenvalue weighted by atomic mass is 35.5. The Balaban J connectivity index is 2.63. The van der Waals surface area contributed by atoms with Crippen molar-refractivity contribution in [3.8, 4) is 0 Å². The molecule has 2 aromatic rings. The van der Waals surface area contributed by atoms with E-state index in [0.717, 1.165) is 21.6 Å². The number of nitrogens with zero attached hydrogens (tertiary/aromatic N) is 2. The fourth-order valence-corrected chi connectivity index (χ4v) is 2.09. The monoisotopic (exact) mass is 223 g/mol. The summed E-state index contributed by atoms with van der Waals surface area (Å²) in [7, 11) is 0. The van der Waals surface area contributed by atoms with Gasteiger partial charge in [0.15, 0.2) is 0 Å². The van der Waals surface area contributed by atoms with Crippen molar-refractivity contribution in [1.29, 1.82) is 0 Å². The zero-order chi connectivity index (χ0) is 11.0. The van der Waals surface area contributed by atoms with Crippen molar-refractivity contribution >= 4 is 22.5 Å². The quantitative estimate of drug-likeness (QED) is 0.850. The summed E-state index contributed by atoms with van der Waals surface area (Å²) in [5.41, 5.74) is 7.78. The molecule has 0 bridgehead atoms. The van der Waals surface area contributed by atoms with Gasteiger partial charge in [0.2, 0.25) is 0 Å². The minimum atomic E-state index is 0.0893. The van der Waals surface area contributed by atoms with E-state index in [9.17, 15) is 0 Å². The van der Waals surface area contributed by atoms with E-state index in [-0.39, 0.29) is 6.04 Å². The van der Waals surface area contributed by atoms with E-state index in [2.05, 4.69) is 5.10 Å². The molecular formula is C11H14ClN3. The summed E-state index contributed by atoms with van der Waals surface area (Å²) in [6.45, 7) is 4.64. The molecule has 1 atom stereocenters. The molecule has 1 aromatic carbocycles. The van der Waals surface area contributed by atoms with Crippen LogP contribution >= 0.6 is 11.6 Å². The molecule has 0 aliphatic heterocycles. The fraction of sp³-hybridized carbons (Fsp3) is 0.364. The molecule has 0 saturated heterocycles. The SMILES string of the molecule is Cc1nn(CC(C)N)c2cccc(Cl)c12. The molecule has 0 aliphatic rings. The molecular weight excluding hydrogens is 210 g/mol. The summed E-state index contributed by atoms with van der Waals surface area (Å²) in [5.74, 6) is 0. The molecule has 2 rings (SSSR count). The summed E-state index contributed by atoms with van der Waals surface area (Å²) in [5, 5.41) is 6.22. The maximum atomic E-state index is 6.13. The van der Waals surface area contributed by atoms with Crippen LogP contribution in [-0.2, 0) is 6.54 Å². The summed E-state index contributed by atoms with van der Waals surface area (Å²) in [6, 6.07) is 5.92. The first-order valence-corrected chi connectivity index (χ1v) is 5.34. The summed E-state index contributed by atoms with van der Waals surface area (Å²) < 4.78 is 1.92. The van der Waals surface area contributed by atoms with Crippen LogP contribution in [0.4, 0.5) is 0 Å². The molecule has 0 fully saturated rings. The third-order valence-corrected chi connectivity index (χ3v) is 2.68. The molecule has 1 unspecified atom stereocenters. The van der Waals surface area contributed by atoms with E-state index < -0.39 is 0 Å². The van der Waals surface area contributed by atoms with Crippen molar-refractivity contribution in [2.75, 3.05) is 0 Å². The van der Waals surface area contributed by atoms with Crippen LogP contribution in [0.5, 0.6) is 0 Å². The Morgan fingerprint density at radius 3 is 2.93 bits per heavy atom. The molecule has 1 heterocycles. The number of halogens is 1. The van der Waals surface area contributed by atoms with E-state index >= 15 is 0 Å². The maximum absolute atomic E-state index is 6.13. The Kier molecular flexibility index (Phi) is 2.67. The number of benzene rings is 1. The lowest BCUT2D eigenvalue weighted by Crippen LogP contribution is -2.22. The highest BCUT2D eigenvalue weighted by molar-refractivity contribution is 6.35. The van der Waals surface area contributed by atoms with Gasteiger partial charge < -0.3 is 5.73 Å². The Morgan fingerprint density at radius 1 is 1.53 bits per heavy atom. The first-order chi connectivity index (χ1) is 7.09. The maximum Gasteiger partial charge on any atom is 0.0700 e. The van der Waals surface area contributed by atoms with Crippen molar-refractivity contribution in [3.05, 3.63) is 28.9 Å². The first-order valence-electron chi connectivity index (χ1n) is 4.97. The summed E-state index contributed by atoms with van der Waals surface area (Å²) in [4.78, 5) is 0. The Morgan fingerprint density at radius 2 is 2.27 bits per heavy atom. The largest absolute Gasteiger partial charge is 0.326 e. The van der Waals surface area contributed by atoms with Crippen LogP contribution in [0.3, 0.4) is 0 Å². The van der Waals surface area contributed by atoms with E-state index in [0.29, 0.717) is 6.54 Å². The first kappa shape index (κ1) is 10.5.